The van der Waals surface area contributed by atoms with Crippen LogP contribution in [0.15, 0.2) is 24.3 Å². The average Bonchev–Trinajstić information content (AvgIpc) is 2.39. The quantitative estimate of drug-likeness (QED) is 0.581. The molecule has 0 heterocycles. The molecule has 14 heavy (non-hydrogen) atoms. The van der Waals surface area contributed by atoms with Crippen LogP contribution in [-0.2, 0) is 6.42 Å². The topological polar surface area (TPSA) is 0 Å². The standard InChI is InChI=1S/C14H20/c1-11(2)13-9-5-3-7-12-8-4-6-10-14(12)13/h4,6,8,10-11,13H,3,5,7,9H2,1-2H3. The Morgan fingerprint density at radius 3 is 2.71 bits per heavy atom. The van der Waals surface area contributed by atoms with Gasteiger partial charge in [0.25, 0.3) is 0 Å². The monoisotopic (exact) mass is 188 g/mol. The first kappa shape index (κ1) is 9.76. The van der Waals surface area contributed by atoms with Crippen molar-refractivity contribution in [3.8, 4) is 0 Å². The van der Waals surface area contributed by atoms with E-state index < -0.39 is 0 Å². The van der Waals surface area contributed by atoms with Crippen molar-refractivity contribution in [2.45, 2.75) is 45.4 Å². The predicted molar refractivity (Wildman–Crippen MR) is 61.6 cm³/mol. The molecule has 0 aromatic heterocycles. The minimum atomic E-state index is 0.786. The van der Waals surface area contributed by atoms with Gasteiger partial charge in [-0.3, -0.25) is 0 Å². The van der Waals surface area contributed by atoms with Crippen LogP contribution in [0.25, 0.3) is 0 Å². The fraction of sp³-hybridized carbons (Fsp3) is 0.571. The van der Waals surface area contributed by atoms with Crippen LogP contribution in [0.4, 0.5) is 0 Å². The van der Waals surface area contributed by atoms with Gasteiger partial charge in [-0.25, -0.2) is 0 Å². The van der Waals surface area contributed by atoms with E-state index in [-0.39, 0.29) is 0 Å². The Hall–Kier alpha value is -0.780. The summed E-state index contributed by atoms with van der Waals surface area (Å²) >= 11 is 0. The summed E-state index contributed by atoms with van der Waals surface area (Å²) in [6.45, 7) is 4.71. The van der Waals surface area contributed by atoms with Crippen LogP contribution in [0.1, 0.15) is 50.2 Å². The van der Waals surface area contributed by atoms with Crippen LogP contribution in [0.2, 0.25) is 0 Å². The van der Waals surface area contributed by atoms with Crippen molar-refractivity contribution in [1.29, 1.82) is 0 Å². The molecule has 0 saturated heterocycles. The Balaban J connectivity index is 2.37. The molecule has 1 atom stereocenters. The molecule has 1 unspecified atom stereocenters. The van der Waals surface area contributed by atoms with E-state index in [1.807, 2.05) is 0 Å². The molecule has 0 nitrogen and oxygen atoms in total. The predicted octanol–water partition coefficient (Wildman–Crippen LogP) is 4.15. The smallest absolute Gasteiger partial charge is 0.0136 e. The molecule has 0 saturated carbocycles. The highest BCUT2D eigenvalue weighted by molar-refractivity contribution is 5.31. The summed E-state index contributed by atoms with van der Waals surface area (Å²) in [6.07, 6.45) is 5.45. The van der Waals surface area contributed by atoms with Crippen molar-refractivity contribution < 1.29 is 0 Å². The second-order valence-electron chi connectivity index (χ2n) is 4.80. The third-order valence-corrected chi connectivity index (χ3v) is 3.47. The Kier molecular flexibility index (Phi) is 2.90. The molecule has 0 fully saturated rings. The fourth-order valence-corrected chi connectivity index (χ4v) is 2.65. The van der Waals surface area contributed by atoms with E-state index in [1.165, 1.54) is 25.7 Å². The first-order valence-corrected chi connectivity index (χ1v) is 5.87. The molecule has 0 N–H and O–H groups in total. The molecular weight excluding hydrogens is 168 g/mol. The first-order chi connectivity index (χ1) is 6.79. The van der Waals surface area contributed by atoms with E-state index in [4.69, 9.17) is 0 Å². The summed E-state index contributed by atoms with van der Waals surface area (Å²) in [4.78, 5) is 0. The number of rotatable bonds is 1. The van der Waals surface area contributed by atoms with Gasteiger partial charge < -0.3 is 0 Å². The van der Waals surface area contributed by atoms with E-state index in [0.717, 1.165) is 11.8 Å². The summed E-state index contributed by atoms with van der Waals surface area (Å²) in [5.74, 6) is 1.59. The highest BCUT2D eigenvalue weighted by atomic mass is 14.2. The van der Waals surface area contributed by atoms with E-state index in [2.05, 4.69) is 38.1 Å². The SMILES string of the molecule is CC(C)C1CCCCc2ccccc21. The Morgan fingerprint density at radius 1 is 1.14 bits per heavy atom. The second kappa shape index (κ2) is 4.16. The summed E-state index contributed by atoms with van der Waals surface area (Å²) in [7, 11) is 0. The molecule has 0 radical (unpaired) electrons. The molecule has 0 bridgehead atoms. The molecule has 76 valence electrons. The molecule has 0 heteroatoms. The zero-order valence-electron chi connectivity index (χ0n) is 9.29. The molecule has 1 aliphatic carbocycles. The molecule has 0 amide bonds. The van der Waals surface area contributed by atoms with Crippen molar-refractivity contribution in [2.75, 3.05) is 0 Å². The maximum absolute atomic E-state index is 2.35. The van der Waals surface area contributed by atoms with Crippen molar-refractivity contribution >= 4 is 0 Å². The summed E-state index contributed by atoms with van der Waals surface area (Å²) in [6, 6.07) is 9.03. The average molecular weight is 188 g/mol. The summed E-state index contributed by atoms with van der Waals surface area (Å²) in [5, 5.41) is 0. The van der Waals surface area contributed by atoms with Crippen LogP contribution in [0.5, 0.6) is 0 Å². The van der Waals surface area contributed by atoms with Crippen molar-refractivity contribution in [1.82, 2.24) is 0 Å². The Labute approximate surface area is 87.3 Å². The third kappa shape index (κ3) is 1.84. The molecule has 1 aromatic rings. The van der Waals surface area contributed by atoms with E-state index >= 15 is 0 Å². The molecule has 0 aliphatic heterocycles. The molecule has 0 spiro atoms. The number of fused-ring (bicyclic) bond motifs is 1. The van der Waals surface area contributed by atoms with Crippen LogP contribution in [0, 0.1) is 5.92 Å². The summed E-state index contributed by atoms with van der Waals surface area (Å²) < 4.78 is 0. The fourth-order valence-electron chi connectivity index (χ4n) is 2.65. The lowest BCUT2D eigenvalue weighted by atomic mass is 9.84. The van der Waals surface area contributed by atoms with Gasteiger partial charge in [0.2, 0.25) is 0 Å². The van der Waals surface area contributed by atoms with Gasteiger partial charge in [0, 0.05) is 0 Å². The lowest BCUT2D eigenvalue weighted by molar-refractivity contribution is 0.460. The number of hydrogen-bond acceptors (Lipinski definition) is 0. The van der Waals surface area contributed by atoms with Gasteiger partial charge >= 0.3 is 0 Å². The van der Waals surface area contributed by atoms with Gasteiger partial charge in [-0.15, -0.1) is 0 Å². The Bertz CT molecular complexity index is 299. The van der Waals surface area contributed by atoms with Crippen molar-refractivity contribution in [3.63, 3.8) is 0 Å². The third-order valence-electron chi connectivity index (χ3n) is 3.47. The lowest BCUT2D eigenvalue weighted by Crippen LogP contribution is -2.07. The number of benzene rings is 1. The molecular formula is C14H20. The van der Waals surface area contributed by atoms with Gasteiger partial charge in [0.1, 0.15) is 0 Å². The van der Waals surface area contributed by atoms with Gasteiger partial charge in [0.15, 0.2) is 0 Å². The highest BCUT2D eigenvalue weighted by Gasteiger charge is 2.20. The van der Waals surface area contributed by atoms with Crippen LogP contribution >= 0.6 is 0 Å². The van der Waals surface area contributed by atoms with Gasteiger partial charge in [-0.1, -0.05) is 44.5 Å². The van der Waals surface area contributed by atoms with Gasteiger partial charge in [-0.2, -0.15) is 0 Å². The Morgan fingerprint density at radius 2 is 1.93 bits per heavy atom. The first-order valence-electron chi connectivity index (χ1n) is 5.87. The van der Waals surface area contributed by atoms with Crippen LogP contribution in [-0.4, -0.2) is 0 Å². The summed E-state index contributed by atoms with van der Waals surface area (Å²) in [5.41, 5.74) is 3.23. The van der Waals surface area contributed by atoms with E-state index in [1.54, 1.807) is 11.1 Å². The largest absolute Gasteiger partial charge is 0.0622 e. The van der Waals surface area contributed by atoms with E-state index in [0.29, 0.717) is 0 Å². The van der Waals surface area contributed by atoms with Crippen molar-refractivity contribution in [3.05, 3.63) is 35.4 Å². The van der Waals surface area contributed by atoms with Gasteiger partial charge in [0.05, 0.1) is 0 Å². The number of hydrogen-bond donors (Lipinski definition) is 0. The van der Waals surface area contributed by atoms with E-state index in [9.17, 15) is 0 Å². The zero-order valence-corrected chi connectivity index (χ0v) is 9.29. The van der Waals surface area contributed by atoms with Crippen LogP contribution < -0.4 is 0 Å². The highest BCUT2D eigenvalue weighted by Crippen LogP contribution is 2.35. The van der Waals surface area contributed by atoms with Gasteiger partial charge in [-0.05, 0) is 42.2 Å². The van der Waals surface area contributed by atoms with Crippen LogP contribution in [0.3, 0.4) is 0 Å². The second-order valence-corrected chi connectivity index (χ2v) is 4.80. The lowest BCUT2D eigenvalue weighted by Gasteiger charge is -2.21. The molecule has 1 aromatic carbocycles. The van der Waals surface area contributed by atoms with Crippen molar-refractivity contribution in [2.24, 2.45) is 5.92 Å². The minimum absolute atomic E-state index is 0.786. The molecule has 2 rings (SSSR count). The number of aryl methyl sites for hydroxylation is 1. The maximum Gasteiger partial charge on any atom is -0.0136 e. The molecule has 1 aliphatic rings. The normalized spacial score (nSPS) is 21.8. The zero-order chi connectivity index (χ0) is 9.97. The maximum atomic E-state index is 2.35. The minimum Gasteiger partial charge on any atom is -0.0622 e.